The van der Waals surface area contributed by atoms with Crippen LogP contribution in [-0.4, -0.2) is 0 Å². The van der Waals surface area contributed by atoms with E-state index in [9.17, 15) is 0 Å². The number of nitrogens with one attached hydrogen (secondary N) is 1. The number of hydrogen-bond donors (Lipinski definition) is 1. The minimum absolute atomic E-state index is 0.862. The number of fused-ring (bicyclic) bond motifs is 1. The second-order valence-electron chi connectivity index (χ2n) is 4.12. The summed E-state index contributed by atoms with van der Waals surface area (Å²) in [5, 5.41) is 7.04. The summed E-state index contributed by atoms with van der Waals surface area (Å²) in [6.45, 7) is 0.862. The number of anilines is 1. The third-order valence-corrected chi connectivity index (χ3v) is 4.37. The van der Waals surface area contributed by atoms with E-state index in [-0.39, 0.29) is 0 Å². The van der Waals surface area contributed by atoms with Crippen LogP contribution in [0.3, 0.4) is 0 Å². The number of rotatable bonds is 3. The van der Waals surface area contributed by atoms with Crippen LogP contribution in [0, 0.1) is 0 Å². The van der Waals surface area contributed by atoms with Crippen LogP contribution in [0.5, 0.6) is 0 Å². The molecule has 0 aliphatic carbocycles. The molecule has 0 spiro atoms. The Morgan fingerprint density at radius 2 is 1.94 bits per heavy atom. The predicted molar refractivity (Wildman–Crippen MR) is 83.3 cm³/mol. The van der Waals surface area contributed by atoms with Gasteiger partial charge in [0.2, 0.25) is 0 Å². The van der Waals surface area contributed by atoms with E-state index in [1.54, 1.807) is 11.3 Å². The molecule has 1 N–H and O–H groups in total. The lowest BCUT2D eigenvalue weighted by Crippen LogP contribution is -1.98. The van der Waals surface area contributed by atoms with Crippen molar-refractivity contribution in [1.82, 2.24) is 0 Å². The summed E-state index contributed by atoms with van der Waals surface area (Å²) in [5.74, 6) is 0. The van der Waals surface area contributed by atoms with Crippen LogP contribution in [0.25, 0.3) is 10.1 Å². The lowest BCUT2D eigenvalue weighted by atomic mass is 10.2. The van der Waals surface area contributed by atoms with Crippen LogP contribution in [-0.2, 0) is 6.54 Å². The van der Waals surface area contributed by atoms with E-state index in [1.807, 2.05) is 12.1 Å². The van der Waals surface area contributed by atoms with Crippen LogP contribution < -0.4 is 5.32 Å². The third kappa shape index (κ3) is 2.42. The summed E-state index contributed by atoms with van der Waals surface area (Å²) in [6.07, 6.45) is 0. The average Bonchev–Trinajstić information content (AvgIpc) is 2.80. The van der Waals surface area contributed by atoms with Crippen molar-refractivity contribution in [3.05, 3.63) is 63.9 Å². The maximum absolute atomic E-state index is 3.48. The molecule has 0 bridgehead atoms. The standard InChI is InChI=1S/C15H12BrNS/c16-12-4-3-5-13(8-12)17-9-11-10-18-15-7-2-1-6-14(11)15/h1-8,10,17H,9H2. The van der Waals surface area contributed by atoms with Crippen molar-refractivity contribution in [3.8, 4) is 0 Å². The van der Waals surface area contributed by atoms with Gasteiger partial charge in [0.05, 0.1) is 0 Å². The van der Waals surface area contributed by atoms with Crippen molar-refractivity contribution in [3.63, 3.8) is 0 Å². The molecule has 0 radical (unpaired) electrons. The summed E-state index contributed by atoms with van der Waals surface area (Å²) >= 11 is 5.29. The van der Waals surface area contributed by atoms with Gasteiger partial charge in [-0.05, 0) is 40.6 Å². The molecular weight excluding hydrogens is 306 g/mol. The zero-order valence-corrected chi connectivity index (χ0v) is 12.1. The Morgan fingerprint density at radius 1 is 1.06 bits per heavy atom. The third-order valence-electron chi connectivity index (χ3n) is 2.87. The Kier molecular flexibility index (Phi) is 3.35. The van der Waals surface area contributed by atoms with Crippen molar-refractivity contribution in [2.24, 2.45) is 0 Å². The molecule has 0 amide bonds. The van der Waals surface area contributed by atoms with Gasteiger partial charge in [0.25, 0.3) is 0 Å². The highest BCUT2D eigenvalue weighted by atomic mass is 79.9. The van der Waals surface area contributed by atoms with Gasteiger partial charge < -0.3 is 5.32 Å². The summed E-state index contributed by atoms with van der Waals surface area (Å²) < 4.78 is 2.45. The number of hydrogen-bond acceptors (Lipinski definition) is 2. The molecule has 90 valence electrons. The first-order chi connectivity index (χ1) is 8.83. The van der Waals surface area contributed by atoms with E-state index in [1.165, 1.54) is 15.6 Å². The highest BCUT2D eigenvalue weighted by Gasteiger charge is 2.02. The summed E-state index contributed by atoms with van der Waals surface area (Å²) in [7, 11) is 0. The Balaban J connectivity index is 1.81. The molecule has 0 saturated heterocycles. The largest absolute Gasteiger partial charge is 0.381 e. The maximum Gasteiger partial charge on any atom is 0.0415 e. The topological polar surface area (TPSA) is 12.0 Å². The molecular formula is C15H12BrNS. The van der Waals surface area contributed by atoms with Crippen LogP contribution >= 0.6 is 27.3 Å². The van der Waals surface area contributed by atoms with Crippen molar-refractivity contribution < 1.29 is 0 Å². The first kappa shape index (κ1) is 11.8. The van der Waals surface area contributed by atoms with Gasteiger partial charge in [0.1, 0.15) is 0 Å². The lowest BCUT2D eigenvalue weighted by Gasteiger charge is -2.06. The molecule has 0 unspecified atom stereocenters. The van der Waals surface area contributed by atoms with E-state index < -0.39 is 0 Å². The van der Waals surface area contributed by atoms with Gasteiger partial charge in [0, 0.05) is 21.4 Å². The van der Waals surface area contributed by atoms with Gasteiger partial charge in [-0.2, -0.15) is 0 Å². The second-order valence-corrected chi connectivity index (χ2v) is 5.95. The maximum atomic E-state index is 3.48. The molecule has 2 aromatic carbocycles. The molecule has 3 heteroatoms. The number of thiophene rings is 1. The van der Waals surface area contributed by atoms with Crippen molar-refractivity contribution >= 4 is 43.0 Å². The molecule has 3 rings (SSSR count). The molecule has 0 atom stereocenters. The van der Waals surface area contributed by atoms with Gasteiger partial charge in [-0.15, -0.1) is 11.3 Å². The van der Waals surface area contributed by atoms with E-state index >= 15 is 0 Å². The van der Waals surface area contributed by atoms with Gasteiger partial charge in [-0.1, -0.05) is 40.2 Å². The van der Waals surface area contributed by atoms with Crippen molar-refractivity contribution in [2.75, 3.05) is 5.32 Å². The Bertz CT molecular complexity index is 675. The molecule has 0 aliphatic heterocycles. The fourth-order valence-electron chi connectivity index (χ4n) is 1.97. The molecule has 0 saturated carbocycles. The van der Waals surface area contributed by atoms with Crippen LogP contribution in [0.1, 0.15) is 5.56 Å². The zero-order chi connectivity index (χ0) is 12.4. The van der Waals surface area contributed by atoms with Crippen LogP contribution in [0.2, 0.25) is 0 Å². The quantitative estimate of drug-likeness (QED) is 0.693. The van der Waals surface area contributed by atoms with E-state index in [0.29, 0.717) is 0 Å². The van der Waals surface area contributed by atoms with Gasteiger partial charge >= 0.3 is 0 Å². The first-order valence-electron chi connectivity index (χ1n) is 5.77. The molecule has 3 aromatic rings. The van der Waals surface area contributed by atoms with Crippen LogP contribution in [0.15, 0.2) is 58.4 Å². The molecule has 0 fully saturated rings. The highest BCUT2D eigenvalue weighted by molar-refractivity contribution is 9.10. The summed E-state index contributed by atoms with van der Waals surface area (Å²) in [4.78, 5) is 0. The van der Waals surface area contributed by atoms with Gasteiger partial charge in [-0.3, -0.25) is 0 Å². The number of benzene rings is 2. The van der Waals surface area contributed by atoms with Crippen molar-refractivity contribution in [2.45, 2.75) is 6.54 Å². The smallest absolute Gasteiger partial charge is 0.0415 e. The average molecular weight is 318 g/mol. The Labute approximate surface area is 119 Å². The zero-order valence-electron chi connectivity index (χ0n) is 9.69. The molecule has 1 heterocycles. The second kappa shape index (κ2) is 5.12. The minimum atomic E-state index is 0.862. The predicted octanol–water partition coefficient (Wildman–Crippen LogP) is 5.28. The van der Waals surface area contributed by atoms with E-state index in [0.717, 1.165) is 16.7 Å². The monoisotopic (exact) mass is 317 g/mol. The Hall–Kier alpha value is -1.32. The molecule has 18 heavy (non-hydrogen) atoms. The molecule has 1 aromatic heterocycles. The molecule has 1 nitrogen and oxygen atoms in total. The van der Waals surface area contributed by atoms with Crippen LogP contribution in [0.4, 0.5) is 5.69 Å². The summed E-state index contributed by atoms with van der Waals surface area (Å²) in [5.41, 5.74) is 2.50. The van der Waals surface area contributed by atoms with E-state index in [4.69, 9.17) is 0 Å². The fourth-order valence-corrected chi connectivity index (χ4v) is 3.33. The number of halogens is 1. The van der Waals surface area contributed by atoms with Gasteiger partial charge in [0.15, 0.2) is 0 Å². The van der Waals surface area contributed by atoms with Crippen molar-refractivity contribution in [1.29, 1.82) is 0 Å². The summed E-state index contributed by atoms with van der Waals surface area (Å²) in [6, 6.07) is 16.8. The SMILES string of the molecule is Brc1cccc(NCc2csc3ccccc23)c1. The van der Waals surface area contributed by atoms with E-state index in [2.05, 4.69) is 63.0 Å². The van der Waals surface area contributed by atoms with Gasteiger partial charge in [-0.25, -0.2) is 0 Å². The lowest BCUT2D eigenvalue weighted by molar-refractivity contribution is 1.18. The first-order valence-corrected chi connectivity index (χ1v) is 7.45. The molecule has 0 aliphatic rings. The minimum Gasteiger partial charge on any atom is -0.381 e. The highest BCUT2D eigenvalue weighted by Crippen LogP contribution is 2.26. The Morgan fingerprint density at radius 3 is 2.83 bits per heavy atom. The fraction of sp³-hybridized carbons (Fsp3) is 0.0667. The normalized spacial score (nSPS) is 10.7.